The molecule has 24 heavy (non-hydrogen) atoms. The zero-order valence-electron chi connectivity index (χ0n) is 14.0. The van der Waals surface area contributed by atoms with Gasteiger partial charge in [-0.3, -0.25) is 9.59 Å². The molecule has 6 heteroatoms. The number of nitrogens with one attached hydrogen (secondary N) is 2. The maximum Gasteiger partial charge on any atom is 0.226 e. The fraction of sp³-hybridized carbons (Fsp3) is 0.722. The minimum absolute atomic E-state index is 0.00155. The van der Waals surface area contributed by atoms with E-state index in [1.54, 1.807) is 11.3 Å². The monoisotopic (exact) mass is 347 g/mol. The summed E-state index contributed by atoms with van der Waals surface area (Å²) in [5.41, 5.74) is 0.511. The zero-order chi connectivity index (χ0) is 16.6. The van der Waals surface area contributed by atoms with Gasteiger partial charge in [-0.2, -0.15) is 0 Å². The molecule has 1 aromatic heterocycles. The van der Waals surface area contributed by atoms with Crippen molar-refractivity contribution in [2.45, 2.75) is 81.7 Å². The van der Waals surface area contributed by atoms with Gasteiger partial charge in [-0.1, -0.05) is 25.7 Å². The van der Waals surface area contributed by atoms with Crippen molar-refractivity contribution in [2.75, 3.05) is 0 Å². The van der Waals surface area contributed by atoms with Gasteiger partial charge in [0.15, 0.2) is 0 Å². The second kappa shape index (κ2) is 6.47. The molecule has 0 unspecified atom stereocenters. The predicted molar refractivity (Wildman–Crippen MR) is 92.9 cm³/mol. The van der Waals surface area contributed by atoms with Crippen LogP contribution in [0.25, 0.3) is 0 Å². The lowest BCUT2D eigenvalue weighted by Gasteiger charge is -2.38. The topological polar surface area (TPSA) is 71.1 Å². The van der Waals surface area contributed by atoms with Crippen molar-refractivity contribution in [1.82, 2.24) is 15.6 Å². The maximum absolute atomic E-state index is 12.6. The minimum Gasteiger partial charge on any atom is -0.351 e. The fourth-order valence-corrected chi connectivity index (χ4v) is 5.63. The molecule has 0 bridgehead atoms. The van der Waals surface area contributed by atoms with Gasteiger partial charge in [-0.05, 0) is 25.7 Å². The Hall–Kier alpha value is -1.43. The highest BCUT2D eigenvalue weighted by Crippen LogP contribution is 2.37. The molecule has 1 saturated heterocycles. The molecule has 2 N–H and O–H groups in total. The van der Waals surface area contributed by atoms with Crippen LogP contribution in [-0.2, 0) is 16.0 Å². The van der Waals surface area contributed by atoms with E-state index in [2.05, 4.69) is 10.6 Å². The van der Waals surface area contributed by atoms with Gasteiger partial charge in [0.25, 0.3) is 0 Å². The number of thiazole rings is 1. The van der Waals surface area contributed by atoms with Crippen LogP contribution in [-0.4, -0.2) is 28.4 Å². The number of nitrogens with zero attached hydrogens (tertiary/aromatic N) is 1. The summed E-state index contributed by atoms with van der Waals surface area (Å²) in [5.74, 6) is 0.672. The van der Waals surface area contributed by atoms with Gasteiger partial charge < -0.3 is 10.6 Å². The molecule has 0 spiro atoms. The largest absolute Gasteiger partial charge is 0.351 e. The quantitative estimate of drug-likeness (QED) is 0.880. The van der Waals surface area contributed by atoms with Crippen LogP contribution in [0.4, 0.5) is 0 Å². The third-order valence-corrected chi connectivity index (χ3v) is 6.90. The van der Waals surface area contributed by atoms with E-state index >= 15 is 0 Å². The smallest absolute Gasteiger partial charge is 0.226 e. The number of hydrogen-bond donors (Lipinski definition) is 2. The van der Waals surface area contributed by atoms with Gasteiger partial charge in [0.05, 0.1) is 35.1 Å². The van der Waals surface area contributed by atoms with Crippen molar-refractivity contribution in [3.05, 3.63) is 16.1 Å². The van der Waals surface area contributed by atoms with E-state index < -0.39 is 0 Å². The average Bonchev–Trinajstić information content (AvgIpc) is 3.24. The van der Waals surface area contributed by atoms with Crippen LogP contribution in [0, 0.1) is 0 Å². The van der Waals surface area contributed by atoms with E-state index in [9.17, 15) is 9.59 Å². The molecular formula is C18H25N3O2S. The Labute approximate surface area is 146 Å². The molecular weight excluding hydrogens is 322 g/mol. The molecule has 2 saturated carbocycles. The third kappa shape index (κ3) is 3.08. The van der Waals surface area contributed by atoms with Gasteiger partial charge in [0.2, 0.25) is 11.8 Å². The molecule has 2 amide bonds. The van der Waals surface area contributed by atoms with Crippen molar-refractivity contribution in [1.29, 1.82) is 0 Å². The first kappa shape index (κ1) is 16.1. The summed E-state index contributed by atoms with van der Waals surface area (Å²) in [6.07, 6.45) is 9.87. The summed E-state index contributed by atoms with van der Waals surface area (Å²) in [6.45, 7) is 0. The molecule has 3 fully saturated rings. The SMILES string of the molecule is O=C1C[C@]2(NC(=O)Cc3csc(C4CCCC4)n3)CCCC[C@@H]2N1. The first-order chi connectivity index (χ1) is 11.6. The molecule has 1 aliphatic heterocycles. The third-order valence-electron chi connectivity index (χ3n) is 5.85. The molecule has 4 rings (SSSR count). The summed E-state index contributed by atoms with van der Waals surface area (Å²) >= 11 is 1.70. The lowest BCUT2D eigenvalue weighted by molar-refractivity contribution is -0.123. The maximum atomic E-state index is 12.6. The standard InChI is InChI=1S/C18H25N3O2S/c22-15(9-13-11-24-17(19-13)12-5-1-2-6-12)21-18-8-4-3-7-14(18)20-16(23)10-18/h11-12,14H,1-10H2,(H,20,23)(H,21,22)/t14-,18+/m0/s1. The average molecular weight is 347 g/mol. The van der Waals surface area contributed by atoms with Crippen molar-refractivity contribution in [2.24, 2.45) is 0 Å². The lowest BCUT2D eigenvalue weighted by atomic mass is 9.78. The molecule has 3 aliphatic rings. The van der Waals surface area contributed by atoms with Crippen LogP contribution < -0.4 is 10.6 Å². The second-order valence-corrected chi connectivity index (χ2v) is 8.47. The molecule has 2 atom stereocenters. The fourth-order valence-electron chi connectivity index (χ4n) is 4.64. The van der Waals surface area contributed by atoms with Gasteiger partial charge in [0.1, 0.15) is 0 Å². The zero-order valence-corrected chi connectivity index (χ0v) is 14.8. The molecule has 130 valence electrons. The highest BCUT2D eigenvalue weighted by Gasteiger charge is 2.48. The van der Waals surface area contributed by atoms with Crippen LogP contribution in [0.2, 0.25) is 0 Å². The Bertz CT molecular complexity index is 638. The summed E-state index contributed by atoms with van der Waals surface area (Å²) in [6, 6.07) is 0.104. The molecule has 2 aliphatic carbocycles. The first-order valence-electron chi connectivity index (χ1n) is 9.19. The number of carbonyl (C=O) groups excluding carboxylic acids is 2. The Morgan fingerprint density at radius 2 is 2.08 bits per heavy atom. The van der Waals surface area contributed by atoms with Crippen LogP contribution >= 0.6 is 11.3 Å². The number of fused-ring (bicyclic) bond motifs is 1. The predicted octanol–water partition coefficient (Wildman–Crippen LogP) is 2.66. The van der Waals surface area contributed by atoms with Gasteiger partial charge in [-0.25, -0.2) is 4.98 Å². The summed E-state index contributed by atoms with van der Waals surface area (Å²) < 4.78 is 0. The van der Waals surface area contributed by atoms with E-state index in [1.807, 2.05) is 5.38 Å². The van der Waals surface area contributed by atoms with Crippen molar-refractivity contribution >= 4 is 23.2 Å². The first-order valence-corrected chi connectivity index (χ1v) is 10.1. The van der Waals surface area contributed by atoms with Gasteiger partial charge in [0, 0.05) is 11.3 Å². The number of rotatable bonds is 4. The number of aromatic nitrogens is 1. The molecule has 1 aromatic rings. The van der Waals surface area contributed by atoms with E-state index in [0.29, 0.717) is 18.8 Å². The van der Waals surface area contributed by atoms with Crippen molar-refractivity contribution in [3.8, 4) is 0 Å². The van der Waals surface area contributed by atoms with Gasteiger partial charge >= 0.3 is 0 Å². The summed E-state index contributed by atoms with van der Waals surface area (Å²) in [7, 11) is 0. The van der Waals surface area contributed by atoms with Crippen LogP contribution in [0.15, 0.2) is 5.38 Å². The Kier molecular flexibility index (Phi) is 4.33. The number of carbonyl (C=O) groups is 2. The highest BCUT2D eigenvalue weighted by atomic mass is 32.1. The molecule has 5 nitrogen and oxygen atoms in total. The van der Waals surface area contributed by atoms with E-state index in [1.165, 1.54) is 30.7 Å². The van der Waals surface area contributed by atoms with Crippen molar-refractivity contribution < 1.29 is 9.59 Å². The summed E-state index contributed by atoms with van der Waals surface area (Å²) in [5, 5.41) is 9.46. The Morgan fingerprint density at radius 1 is 1.29 bits per heavy atom. The van der Waals surface area contributed by atoms with Gasteiger partial charge in [-0.15, -0.1) is 11.3 Å². The van der Waals surface area contributed by atoms with Crippen LogP contribution in [0.3, 0.4) is 0 Å². The Balaban J connectivity index is 1.40. The highest BCUT2D eigenvalue weighted by molar-refractivity contribution is 7.09. The summed E-state index contributed by atoms with van der Waals surface area (Å²) in [4.78, 5) is 29.1. The number of amides is 2. The second-order valence-electron chi connectivity index (χ2n) is 7.58. The minimum atomic E-state index is -0.364. The van der Waals surface area contributed by atoms with E-state index in [-0.39, 0.29) is 23.4 Å². The molecule has 0 radical (unpaired) electrons. The van der Waals surface area contributed by atoms with Crippen LogP contribution in [0.1, 0.15) is 74.4 Å². The molecule has 0 aromatic carbocycles. The Morgan fingerprint density at radius 3 is 2.92 bits per heavy atom. The normalized spacial score (nSPS) is 30.2. The van der Waals surface area contributed by atoms with E-state index in [0.717, 1.165) is 31.4 Å². The molecule has 2 heterocycles. The van der Waals surface area contributed by atoms with Crippen molar-refractivity contribution in [3.63, 3.8) is 0 Å². The lowest BCUT2D eigenvalue weighted by Crippen LogP contribution is -2.57. The number of hydrogen-bond acceptors (Lipinski definition) is 4. The van der Waals surface area contributed by atoms with E-state index in [4.69, 9.17) is 4.98 Å². The van der Waals surface area contributed by atoms with Crippen LogP contribution in [0.5, 0.6) is 0 Å².